The molecule has 88 valence electrons. The molecule has 0 radical (unpaired) electrons. The molecule has 17 heavy (non-hydrogen) atoms. The minimum Gasteiger partial charge on any atom is -0.352 e. The van der Waals surface area contributed by atoms with Crippen LogP contribution in [0.2, 0.25) is 0 Å². The maximum Gasteiger partial charge on any atom is 0.252 e. The molecule has 0 atom stereocenters. The van der Waals surface area contributed by atoms with E-state index in [4.69, 9.17) is 0 Å². The Morgan fingerprint density at radius 1 is 1.41 bits per heavy atom. The SMILES string of the molecule is Cc1ccc(C(=O)NCCc2cccs2)cn1. The van der Waals surface area contributed by atoms with Gasteiger partial charge >= 0.3 is 0 Å². The minimum atomic E-state index is -0.0611. The third-order valence-electron chi connectivity index (χ3n) is 2.41. The molecule has 0 aliphatic heterocycles. The van der Waals surface area contributed by atoms with Crippen LogP contribution >= 0.6 is 11.3 Å². The first-order valence-corrected chi connectivity index (χ1v) is 6.37. The van der Waals surface area contributed by atoms with Crippen LogP contribution in [0.25, 0.3) is 0 Å². The molecule has 2 aromatic rings. The van der Waals surface area contributed by atoms with E-state index in [0.717, 1.165) is 12.1 Å². The van der Waals surface area contributed by atoms with Crippen LogP contribution < -0.4 is 5.32 Å². The van der Waals surface area contributed by atoms with Crippen LogP contribution in [0.3, 0.4) is 0 Å². The number of nitrogens with one attached hydrogen (secondary N) is 1. The third kappa shape index (κ3) is 3.39. The fourth-order valence-electron chi connectivity index (χ4n) is 1.46. The lowest BCUT2D eigenvalue weighted by Gasteiger charge is -2.04. The van der Waals surface area contributed by atoms with Crippen molar-refractivity contribution in [3.05, 3.63) is 52.0 Å². The van der Waals surface area contributed by atoms with E-state index in [1.54, 1.807) is 23.6 Å². The summed E-state index contributed by atoms with van der Waals surface area (Å²) in [6, 6.07) is 7.73. The van der Waals surface area contributed by atoms with Gasteiger partial charge in [-0.2, -0.15) is 0 Å². The van der Waals surface area contributed by atoms with Gasteiger partial charge in [0.15, 0.2) is 0 Å². The second-order valence-electron chi connectivity index (χ2n) is 3.77. The van der Waals surface area contributed by atoms with Gasteiger partial charge in [-0.15, -0.1) is 11.3 Å². The molecule has 1 N–H and O–H groups in total. The molecule has 0 unspecified atom stereocenters. The smallest absolute Gasteiger partial charge is 0.252 e. The van der Waals surface area contributed by atoms with Crippen LogP contribution in [0.15, 0.2) is 35.8 Å². The molecule has 0 saturated heterocycles. The Morgan fingerprint density at radius 2 is 2.29 bits per heavy atom. The van der Waals surface area contributed by atoms with Crippen molar-refractivity contribution in [1.82, 2.24) is 10.3 Å². The molecular weight excluding hydrogens is 232 g/mol. The maximum absolute atomic E-state index is 11.7. The maximum atomic E-state index is 11.7. The molecule has 0 bridgehead atoms. The molecule has 0 aliphatic carbocycles. The van der Waals surface area contributed by atoms with Gasteiger partial charge in [0.2, 0.25) is 0 Å². The van der Waals surface area contributed by atoms with Gasteiger partial charge in [0, 0.05) is 23.3 Å². The van der Waals surface area contributed by atoms with E-state index in [1.165, 1.54) is 4.88 Å². The Bertz CT molecular complexity index is 477. The lowest BCUT2D eigenvalue weighted by Crippen LogP contribution is -2.25. The van der Waals surface area contributed by atoms with Crippen LogP contribution in [-0.4, -0.2) is 17.4 Å². The van der Waals surface area contributed by atoms with E-state index < -0.39 is 0 Å². The molecule has 4 heteroatoms. The van der Waals surface area contributed by atoms with Gasteiger partial charge in [0.05, 0.1) is 5.56 Å². The number of nitrogens with zero attached hydrogens (tertiary/aromatic N) is 1. The van der Waals surface area contributed by atoms with E-state index in [-0.39, 0.29) is 5.91 Å². The van der Waals surface area contributed by atoms with Crippen molar-refractivity contribution in [3.8, 4) is 0 Å². The molecule has 2 aromatic heterocycles. The highest BCUT2D eigenvalue weighted by Crippen LogP contribution is 2.08. The number of aromatic nitrogens is 1. The highest BCUT2D eigenvalue weighted by Gasteiger charge is 2.04. The van der Waals surface area contributed by atoms with E-state index in [0.29, 0.717) is 12.1 Å². The molecule has 0 fully saturated rings. The summed E-state index contributed by atoms with van der Waals surface area (Å²) >= 11 is 1.71. The fraction of sp³-hybridized carbons (Fsp3) is 0.231. The number of hydrogen-bond acceptors (Lipinski definition) is 3. The minimum absolute atomic E-state index is 0.0611. The highest BCUT2D eigenvalue weighted by atomic mass is 32.1. The summed E-state index contributed by atoms with van der Waals surface area (Å²) in [5, 5.41) is 4.93. The first-order valence-electron chi connectivity index (χ1n) is 5.49. The predicted octanol–water partition coefficient (Wildman–Crippen LogP) is 2.42. The van der Waals surface area contributed by atoms with Gasteiger partial charge in [0.25, 0.3) is 5.91 Å². The number of pyridine rings is 1. The molecule has 0 aromatic carbocycles. The summed E-state index contributed by atoms with van der Waals surface area (Å²) in [6.45, 7) is 2.56. The summed E-state index contributed by atoms with van der Waals surface area (Å²) in [5.74, 6) is -0.0611. The van der Waals surface area contributed by atoms with Crippen LogP contribution in [0, 0.1) is 6.92 Å². The molecular formula is C13H14N2OS. The van der Waals surface area contributed by atoms with Gasteiger partial charge in [-0.25, -0.2) is 0 Å². The van der Waals surface area contributed by atoms with E-state index in [9.17, 15) is 4.79 Å². The van der Waals surface area contributed by atoms with E-state index in [1.807, 2.05) is 24.4 Å². The van der Waals surface area contributed by atoms with Crippen LogP contribution in [0.4, 0.5) is 0 Å². The zero-order valence-corrected chi connectivity index (χ0v) is 10.5. The van der Waals surface area contributed by atoms with Crippen LogP contribution in [-0.2, 0) is 6.42 Å². The standard InChI is InChI=1S/C13H14N2OS/c1-10-4-5-11(9-15-10)13(16)14-7-6-12-3-2-8-17-12/h2-5,8-9H,6-7H2,1H3,(H,14,16). The second kappa shape index (κ2) is 5.59. The summed E-state index contributed by atoms with van der Waals surface area (Å²) in [4.78, 5) is 17.1. The van der Waals surface area contributed by atoms with Gasteiger partial charge in [0.1, 0.15) is 0 Å². The molecule has 3 nitrogen and oxygen atoms in total. The monoisotopic (exact) mass is 246 g/mol. The van der Waals surface area contributed by atoms with Crippen molar-refractivity contribution in [2.45, 2.75) is 13.3 Å². The zero-order valence-electron chi connectivity index (χ0n) is 9.64. The Kier molecular flexibility index (Phi) is 3.88. The topological polar surface area (TPSA) is 42.0 Å². The molecule has 1 amide bonds. The van der Waals surface area contributed by atoms with Crippen molar-refractivity contribution in [1.29, 1.82) is 0 Å². The van der Waals surface area contributed by atoms with Crippen molar-refractivity contribution >= 4 is 17.2 Å². The number of rotatable bonds is 4. The number of carbonyl (C=O) groups excluding carboxylic acids is 1. The average Bonchev–Trinajstić information content (AvgIpc) is 2.83. The van der Waals surface area contributed by atoms with Gasteiger partial charge in [-0.1, -0.05) is 6.07 Å². The number of carbonyl (C=O) groups is 1. The van der Waals surface area contributed by atoms with Crippen LogP contribution in [0.1, 0.15) is 20.9 Å². The summed E-state index contributed by atoms with van der Waals surface area (Å²) in [7, 11) is 0. The normalized spacial score (nSPS) is 10.2. The van der Waals surface area contributed by atoms with Crippen molar-refractivity contribution < 1.29 is 4.79 Å². The summed E-state index contributed by atoms with van der Waals surface area (Å²) < 4.78 is 0. The molecule has 2 heterocycles. The predicted molar refractivity (Wildman–Crippen MR) is 69.3 cm³/mol. The first-order chi connectivity index (χ1) is 8.25. The molecule has 2 rings (SSSR count). The van der Waals surface area contributed by atoms with Gasteiger partial charge < -0.3 is 5.32 Å². The quantitative estimate of drug-likeness (QED) is 0.900. The Hall–Kier alpha value is -1.68. The van der Waals surface area contributed by atoms with Crippen molar-refractivity contribution in [2.75, 3.05) is 6.54 Å². The Balaban J connectivity index is 1.83. The lowest BCUT2D eigenvalue weighted by atomic mass is 10.2. The molecule has 0 saturated carbocycles. The van der Waals surface area contributed by atoms with Gasteiger partial charge in [-0.3, -0.25) is 9.78 Å². The number of aryl methyl sites for hydroxylation is 1. The first kappa shape index (κ1) is 11.8. The molecule has 0 spiro atoms. The number of amides is 1. The van der Waals surface area contributed by atoms with Crippen LogP contribution in [0.5, 0.6) is 0 Å². The van der Waals surface area contributed by atoms with E-state index >= 15 is 0 Å². The largest absolute Gasteiger partial charge is 0.352 e. The van der Waals surface area contributed by atoms with E-state index in [2.05, 4.69) is 16.4 Å². The second-order valence-corrected chi connectivity index (χ2v) is 4.81. The fourth-order valence-corrected chi connectivity index (χ4v) is 2.17. The van der Waals surface area contributed by atoms with Crippen molar-refractivity contribution in [2.24, 2.45) is 0 Å². The van der Waals surface area contributed by atoms with Gasteiger partial charge in [-0.05, 0) is 36.9 Å². The summed E-state index contributed by atoms with van der Waals surface area (Å²) in [6.07, 6.45) is 2.48. The Labute approximate surface area is 105 Å². The number of thiophene rings is 1. The number of hydrogen-bond donors (Lipinski definition) is 1. The average molecular weight is 246 g/mol. The highest BCUT2D eigenvalue weighted by molar-refractivity contribution is 7.09. The lowest BCUT2D eigenvalue weighted by molar-refractivity contribution is 0.0954. The summed E-state index contributed by atoms with van der Waals surface area (Å²) in [5.41, 5.74) is 1.53. The Morgan fingerprint density at radius 3 is 2.94 bits per heavy atom. The third-order valence-corrected chi connectivity index (χ3v) is 3.35. The molecule has 0 aliphatic rings. The van der Waals surface area contributed by atoms with Crippen molar-refractivity contribution in [3.63, 3.8) is 0 Å². The zero-order chi connectivity index (χ0) is 12.1.